The number of hydrogen-bond donors (Lipinski definition) is 1. The molecule has 3 rings (SSSR count). The predicted molar refractivity (Wildman–Crippen MR) is 111 cm³/mol. The highest BCUT2D eigenvalue weighted by Gasteiger charge is 2.39. The first kappa shape index (κ1) is 19.9. The van der Waals surface area contributed by atoms with Crippen molar-refractivity contribution >= 4 is 17.5 Å². The fourth-order valence-electron chi connectivity index (χ4n) is 3.56. The Kier molecular flexibility index (Phi) is 5.73. The van der Waals surface area contributed by atoms with Gasteiger partial charge < -0.3 is 15.0 Å². The van der Waals surface area contributed by atoms with Crippen LogP contribution >= 0.6 is 0 Å². The van der Waals surface area contributed by atoms with Crippen LogP contribution in [-0.2, 0) is 9.59 Å². The lowest BCUT2D eigenvalue weighted by molar-refractivity contribution is -0.131. The van der Waals surface area contributed by atoms with Crippen molar-refractivity contribution in [3.63, 3.8) is 0 Å². The average molecular weight is 380 g/mol. The molecule has 1 atom stereocenters. The fourth-order valence-corrected chi connectivity index (χ4v) is 3.56. The first-order valence-corrected chi connectivity index (χ1v) is 9.74. The first-order chi connectivity index (χ1) is 13.3. The number of benzene rings is 2. The summed E-state index contributed by atoms with van der Waals surface area (Å²) in [4.78, 5) is 27.0. The van der Waals surface area contributed by atoms with Crippen LogP contribution in [0.2, 0.25) is 0 Å². The van der Waals surface area contributed by atoms with E-state index in [2.05, 4.69) is 5.32 Å². The summed E-state index contributed by atoms with van der Waals surface area (Å²) in [7, 11) is 0. The Balaban J connectivity index is 1.83. The second kappa shape index (κ2) is 8.05. The van der Waals surface area contributed by atoms with Crippen LogP contribution in [0.15, 0.2) is 48.5 Å². The Hall–Kier alpha value is -2.82. The van der Waals surface area contributed by atoms with E-state index >= 15 is 0 Å². The molecule has 1 aliphatic heterocycles. The molecular weight excluding hydrogens is 352 g/mol. The fraction of sp³-hybridized carbons (Fsp3) is 0.391. The summed E-state index contributed by atoms with van der Waals surface area (Å²) in [5.74, 6) is 0.340. The number of ether oxygens (including phenoxy) is 1. The van der Waals surface area contributed by atoms with Gasteiger partial charge in [0.25, 0.3) is 0 Å². The lowest BCUT2D eigenvalue weighted by atomic mass is 10.0. The molecule has 0 aliphatic carbocycles. The molecule has 1 aliphatic rings. The smallest absolute Gasteiger partial charge is 0.229 e. The Bertz CT molecular complexity index is 870. The molecule has 28 heavy (non-hydrogen) atoms. The highest BCUT2D eigenvalue weighted by atomic mass is 16.5. The molecule has 2 amide bonds. The summed E-state index contributed by atoms with van der Waals surface area (Å²) >= 11 is 0. The highest BCUT2D eigenvalue weighted by Crippen LogP contribution is 2.35. The molecule has 5 heteroatoms. The van der Waals surface area contributed by atoms with Gasteiger partial charge in [-0.15, -0.1) is 0 Å². The number of hydrogen-bond acceptors (Lipinski definition) is 3. The van der Waals surface area contributed by atoms with Crippen LogP contribution in [0.25, 0.3) is 11.1 Å². The minimum Gasteiger partial charge on any atom is -0.493 e. The van der Waals surface area contributed by atoms with Gasteiger partial charge in [-0.2, -0.15) is 0 Å². The molecule has 148 valence electrons. The van der Waals surface area contributed by atoms with E-state index in [1.165, 1.54) is 0 Å². The van der Waals surface area contributed by atoms with Gasteiger partial charge in [0, 0.05) is 35.3 Å². The minimum absolute atomic E-state index is 0.0302. The summed E-state index contributed by atoms with van der Waals surface area (Å²) in [6, 6.07) is 15.5. The lowest BCUT2D eigenvalue weighted by Gasteiger charge is -2.32. The quantitative estimate of drug-likeness (QED) is 0.839. The van der Waals surface area contributed by atoms with Crippen LogP contribution in [0.1, 0.15) is 34.1 Å². The van der Waals surface area contributed by atoms with Gasteiger partial charge in [0.2, 0.25) is 11.8 Å². The molecule has 1 fully saturated rings. The van der Waals surface area contributed by atoms with E-state index in [4.69, 9.17) is 4.74 Å². The van der Waals surface area contributed by atoms with E-state index < -0.39 is 0 Å². The monoisotopic (exact) mass is 380 g/mol. The van der Waals surface area contributed by atoms with Gasteiger partial charge in [-0.05, 0) is 39.8 Å². The zero-order valence-corrected chi connectivity index (χ0v) is 17.0. The molecule has 0 aromatic heterocycles. The summed E-state index contributed by atoms with van der Waals surface area (Å²) < 4.78 is 5.75. The highest BCUT2D eigenvalue weighted by molar-refractivity contribution is 6.00. The van der Waals surface area contributed by atoms with E-state index in [-0.39, 0.29) is 29.7 Å². The zero-order valence-electron chi connectivity index (χ0n) is 17.0. The normalized spacial score (nSPS) is 16.9. The number of carbonyl (C=O) groups excluding carboxylic acids is 2. The third-order valence-corrected chi connectivity index (χ3v) is 4.97. The third-order valence-electron chi connectivity index (χ3n) is 4.97. The van der Waals surface area contributed by atoms with Crippen LogP contribution in [-0.4, -0.2) is 35.4 Å². The van der Waals surface area contributed by atoms with E-state index in [1.807, 2.05) is 76.2 Å². The van der Waals surface area contributed by atoms with Gasteiger partial charge >= 0.3 is 0 Å². The molecule has 0 radical (unpaired) electrons. The maximum atomic E-state index is 12.9. The summed E-state index contributed by atoms with van der Waals surface area (Å²) in [5.41, 5.74) is 2.28. The maximum Gasteiger partial charge on any atom is 0.229 e. The minimum atomic E-state index is -0.345. The Morgan fingerprint density at radius 3 is 2.39 bits per heavy atom. The summed E-state index contributed by atoms with van der Waals surface area (Å²) in [6.45, 7) is 8.94. The topological polar surface area (TPSA) is 58.6 Å². The largest absolute Gasteiger partial charge is 0.493 e. The van der Waals surface area contributed by atoms with Crippen molar-refractivity contribution in [1.29, 1.82) is 0 Å². The van der Waals surface area contributed by atoms with Crippen molar-refractivity contribution in [3.8, 4) is 16.9 Å². The second-order valence-electron chi connectivity index (χ2n) is 8.04. The van der Waals surface area contributed by atoms with Crippen LogP contribution < -0.4 is 10.1 Å². The third kappa shape index (κ3) is 4.19. The second-order valence-corrected chi connectivity index (χ2v) is 8.04. The molecular formula is C23H28N2O3. The number of amides is 2. The predicted octanol–water partition coefficient (Wildman–Crippen LogP) is 4.34. The van der Waals surface area contributed by atoms with E-state index in [1.54, 1.807) is 4.90 Å². The van der Waals surface area contributed by atoms with Gasteiger partial charge in [-0.1, -0.05) is 36.4 Å². The van der Waals surface area contributed by atoms with Crippen LogP contribution in [0.3, 0.4) is 0 Å². The van der Waals surface area contributed by atoms with Gasteiger partial charge in [0.1, 0.15) is 5.75 Å². The van der Waals surface area contributed by atoms with Gasteiger partial charge in [-0.25, -0.2) is 0 Å². The molecule has 1 N–H and O–H groups in total. The number of likely N-dealkylation sites (tertiary alicyclic amines) is 1. The van der Waals surface area contributed by atoms with Crippen molar-refractivity contribution in [1.82, 2.24) is 4.90 Å². The number of para-hydroxylation sites is 2. The standard InChI is InChI=1S/C23H28N2O3/c1-5-28-20-13-9-7-11-18(20)17-10-6-8-12-19(17)24-22(27)16-14-21(26)25(15-16)23(2,3)4/h6-13,16H,5,14-15H2,1-4H3,(H,24,27)/t16-/m1/s1. The Morgan fingerprint density at radius 1 is 1.11 bits per heavy atom. The molecule has 1 heterocycles. The molecule has 2 aromatic carbocycles. The van der Waals surface area contributed by atoms with Gasteiger partial charge in [0.05, 0.1) is 12.5 Å². The Morgan fingerprint density at radius 2 is 1.75 bits per heavy atom. The number of nitrogens with one attached hydrogen (secondary N) is 1. The molecule has 5 nitrogen and oxygen atoms in total. The summed E-state index contributed by atoms with van der Waals surface area (Å²) in [5, 5.41) is 3.04. The molecule has 0 unspecified atom stereocenters. The number of nitrogens with zero attached hydrogens (tertiary/aromatic N) is 1. The molecule has 0 spiro atoms. The zero-order chi connectivity index (χ0) is 20.3. The molecule has 0 saturated carbocycles. The number of rotatable bonds is 5. The Labute approximate surface area is 166 Å². The van der Waals surface area contributed by atoms with Crippen LogP contribution in [0.4, 0.5) is 5.69 Å². The van der Waals surface area contributed by atoms with Crippen molar-refractivity contribution in [2.45, 2.75) is 39.7 Å². The maximum absolute atomic E-state index is 12.9. The van der Waals surface area contributed by atoms with Crippen molar-refractivity contribution in [2.75, 3.05) is 18.5 Å². The van der Waals surface area contributed by atoms with E-state index in [0.29, 0.717) is 13.2 Å². The molecule has 0 bridgehead atoms. The van der Waals surface area contributed by atoms with Gasteiger partial charge in [-0.3, -0.25) is 9.59 Å². The van der Waals surface area contributed by atoms with E-state index in [0.717, 1.165) is 22.6 Å². The van der Waals surface area contributed by atoms with Crippen molar-refractivity contribution in [3.05, 3.63) is 48.5 Å². The van der Waals surface area contributed by atoms with Crippen LogP contribution in [0, 0.1) is 5.92 Å². The van der Waals surface area contributed by atoms with E-state index in [9.17, 15) is 9.59 Å². The lowest BCUT2D eigenvalue weighted by Crippen LogP contribution is -2.42. The molecule has 2 aromatic rings. The molecule has 1 saturated heterocycles. The average Bonchev–Trinajstić information content (AvgIpc) is 3.05. The van der Waals surface area contributed by atoms with Gasteiger partial charge in [0.15, 0.2) is 0 Å². The van der Waals surface area contributed by atoms with Crippen molar-refractivity contribution in [2.24, 2.45) is 5.92 Å². The van der Waals surface area contributed by atoms with Crippen molar-refractivity contribution < 1.29 is 14.3 Å². The summed E-state index contributed by atoms with van der Waals surface area (Å²) in [6.07, 6.45) is 0.251. The number of carbonyl (C=O) groups is 2. The first-order valence-electron chi connectivity index (χ1n) is 9.74. The van der Waals surface area contributed by atoms with Crippen LogP contribution in [0.5, 0.6) is 5.75 Å². The SMILES string of the molecule is CCOc1ccccc1-c1ccccc1NC(=O)[C@@H]1CC(=O)N(C(C)(C)C)C1. The number of anilines is 1.